The SMILES string of the molecule is Cc1nc(CCNC2CCCC(CC(C)C)C2)no1. The molecule has 0 aromatic carbocycles. The highest BCUT2D eigenvalue weighted by atomic mass is 16.5. The van der Waals surface area contributed by atoms with Crippen molar-refractivity contribution in [1.82, 2.24) is 15.5 Å². The Hall–Kier alpha value is -0.900. The molecule has 0 saturated heterocycles. The zero-order valence-corrected chi connectivity index (χ0v) is 12.5. The van der Waals surface area contributed by atoms with E-state index < -0.39 is 0 Å². The van der Waals surface area contributed by atoms with Crippen molar-refractivity contribution in [2.24, 2.45) is 11.8 Å². The molecular weight excluding hydrogens is 238 g/mol. The molecule has 1 aliphatic carbocycles. The highest BCUT2D eigenvalue weighted by Gasteiger charge is 2.22. The molecule has 0 radical (unpaired) electrons. The summed E-state index contributed by atoms with van der Waals surface area (Å²) < 4.78 is 4.98. The summed E-state index contributed by atoms with van der Waals surface area (Å²) in [5.41, 5.74) is 0. The molecule has 108 valence electrons. The highest BCUT2D eigenvalue weighted by Crippen LogP contribution is 2.29. The van der Waals surface area contributed by atoms with E-state index in [1.165, 1.54) is 32.1 Å². The molecule has 2 unspecified atom stereocenters. The molecule has 1 heterocycles. The zero-order valence-electron chi connectivity index (χ0n) is 12.5. The van der Waals surface area contributed by atoms with Crippen LogP contribution < -0.4 is 5.32 Å². The minimum atomic E-state index is 0.657. The first-order valence-corrected chi connectivity index (χ1v) is 7.66. The second-order valence-electron chi connectivity index (χ2n) is 6.29. The summed E-state index contributed by atoms with van der Waals surface area (Å²) in [7, 11) is 0. The first kappa shape index (κ1) is 14.5. The number of aromatic nitrogens is 2. The lowest BCUT2D eigenvalue weighted by Gasteiger charge is -2.30. The Kier molecular flexibility index (Phi) is 5.37. The Morgan fingerprint density at radius 2 is 2.21 bits per heavy atom. The van der Waals surface area contributed by atoms with E-state index in [1.807, 2.05) is 6.92 Å². The lowest BCUT2D eigenvalue weighted by atomic mass is 9.81. The van der Waals surface area contributed by atoms with Gasteiger partial charge in [0.2, 0.25) is 5.89 Å². The van der Waals surface area contributed by atoms with E-state index in [9.17, 15) is 0 Å². The summed E-state index contributed by atoms with van der Waals surface area (Å²) in [5.74, 6) is 3.22. The Balaban J connectivity index is 1.67. The van der Waals surface area contributed by atoms with E-state index >= 15 is 0 Å². The monoisotopic (exact) mass is 265 g/mol. The van der Waals surface area contributed by atoms with Crippen LogP contribution >= 0.6 is 0 Å². The topological polar surface area (TPSA) is 51.0 Å². The van der Waals surface area contributed by atoms with Gasteiger partial charge in [-0.15, -0.1) is 0 Å². The van der Waals surface area contributed by atoms with Crippen molar-refractivity contribution in [1.29, 1.82) is 0 Å². The lowest BCUT2D eigenvalue weighted by molar-refractivity contribution is 0.253. The molecule has 2 atom stereocenters. The van der Waals surface area contributed by atoms with Crippen LogP contribution in [0.5, 0.6) is 0 Å². The van der Waals surface area contributed by atoms with Gasteiger partial charge < -0.3 is 9.84 Å². The molecule has 4 nitrogen and oxygen atoms in total. The van der Waals surface area contributed by atoms with Crippen LogP contribution in [0.1, 0.15) is 57.7 Å². The minimum Gasteiger partial charge on any atom is -0.340 e. The van der Waals surface area contributed by atoms with Crippen molar-refractivity contribution < 1.29 is 4.52 Å². The molecule has 19 heavy (non-hydrogen) atoms. The predicted molar refractivity (Wildman–Crippen MR) is 75.9 cm³/mol. The minimum absolute atomic E-state index is 0.657. The van der Waals surface area contributed by atoms with Crippen molar-refractivity contribution in [2.75, 3.05) is 6.54 Å². The van der Waals surface area contributed by atoms with E-state index in [0.717, 1.165) is 30.6 Å². The maximum absolute atomic E-state index is 4.98. The van der Waals surface area contributed by atoms with Gasteiger partial charge in [0.25, 0.3) is 0 Å². The number of aryl methyl sites for hydroxylation is 1. The summed E-state index contributed by atoms with van der Waals surface area (Å²) in [6.07, 6.45) is 7.69. The lowest BCUT2D eigenvalue weighted by Crippen LogP contribution is -2.35. The number of nitrogens with one attached hydrogen (secondary N) is 1. The smallest absolute Gasteiger partial charge is 0.223 e. The standard InChI is InChI=1S/C15H27N3O/c1-11(2)9-13-5-4-6-14(10-13)16-8-7-15-17-12(3)19-18-15/h11,13-14,16H,4-10H2,1-3H3. The summed E-state index contributed by atoms with van der Waals surface area (Å²) >= 11 is 0. The van der Waals surface area contributed by atoms with Crippen LogP contribution in [0, 0.1) is 18.8 Å². The quantitative estimate of drug-likeness (QED) is 0.858. The van der Waals surface area contributed by atoms with Gasteiger partial charge in [0, 0.05) is 25.9 Å². The third-order valence-corrected chi connectivity index (χ3v) is 3.94. The third-order valence-electron chi connectivity index (χ3n) is 3.94. The number of hydrogen-bond donors (Lipinski definition) is 1. The van der Waals surface area contributed by atoms with Gasteiger partial charge in [-0.1, -0.05) is 31.8 Å². The van der Waals surface area contributed by atoms with Gasteiger partial charge in [0.1, 0.15) is 0 Å². The summed E-state index contributed by atoms with van der Waals surface area (Å²) in [6.45, 7) is 7.45. The molecule has 1 N–H and O–H groups in total. The van der Waals surface area contributed by atoms with Gasteiger partial charge in [-0.05, 0) is 31.1 Å². The molecular formula is C15H27N3O. The van der Waals surface area contributed by atoms with Crippen LogP contribution in [-0.4, -0.2) is 22.7 Å². The van der Waals surface area contributed by atoms with Crippen LogP contribution in [0.25, 0.3) is 0 Å². The fourth-order valence-electron chi connectivity index (χ4n) is 3.19. The second kappa shape index (κ2) is 7.04. The van der Waals surface area contributed by atoms with Gasteiger partial charge in [-0.2, -0.15) is 4.98 Å². The first-order chi connectivity index (χ1) is 9.13. The summed E-state index contributed by atoms with van der Waals surface area (Å²) in [4.78, 5) is 4.23. The van der Waals surface area contributed by atoms with Gasteiger partial charge in [-0.25, -0.2) is 0 Å². The maximum Gasteiger partial charge on any atom is 0.223 e. The van der Waals surface area contributed by atoms with E-state index in [0.29, 0.717) is 11.9 Å². The average Bonchev–Trinajstić information content (AvgIpc) is 2.75. The molecule has 1 aromatic heterocycles. The van der Waals surface area contributed by atoms with Crippen LogP contribution in [0.4, 0.5) is 0 Å². The van der Waals surface area contributed by atoms with Crippen molar-refractivity contribution >= 4 is 0 Å². The van der Waals surface area contributed by atoms with E-state index in [2.05, 4.69) is 29.3 Å². The predicted octanol–water partition coefficient (Wildman–Crippen LogP) is 3.12. The van der Waals surface area contributed by atoms with Gasteiger partial charge in [0.15, 0.2) is 5.82 Å². The highest BCUT2D eigenvalue weighted by molar-refractivity contribution is 4.86. The summed E-state index contributed by atoms with van der Waals surface area (Å²) in [5, 5.41) is 7.59. The van der Waals surface area contributed by atoms with Gasteiger partial charge in [-0.3, -0.25) is 0 Å². The fourth-order valence-corrected chi connectivity index (χ4v) is 3.19. The normalized spacial score (nSPS) is 24.0. The van der Waals surface area contributed by atoms with Gasteiger partial charge >= 0.3 is 0 Å². The molecule has 0 spiro atoms. The number of nitrogens with zero attached hydrogens (tertiary/aromatic N) is 2. The molecule has 1 aromatic rings. The third kappa shape index (κ3) is 4.94. The first-order valence-electron chi connectivity index (χ1n) is 7.66. The molecule has 4 heteroatoms. The largest absolute Gasteiger partial charge is 0.340 e. The molecule has 1 saturated carbocycles. The molecule has 1 aliphatic rings. The molecule has 2 rings (SSSR count). The molecule has 1 fully saturated rings. The fraction of sp³-hybridized carbons (Fsp3) is 0.867. The zero-order chi connectivity index (χ0) is 13.7. The van der Waals surface area contributed by atoms with Crippen molar-refractivity contribution in [2.45, 2.75) is 65.3 Å². The maximum atomic E-state index is 4.98. The van der Waals surface area contributed by atoms with E-state index in [4.69, 9.17) is 4.52 Å². The van der Waals surface area contributed by atoms with Crippen LogP contribution in [-0.2, 0) is 6.42 Å². The Bertz CT molecular complexity index is 375. The Labute approximate surface area is 116 Å². The number of hydrogen-bond acceptors (Lipinski definition) is 4. The van der Waals surface area contributed by atoms with E-state index in [1.54, 1.807) is 0 Å². The molecule has 0 aliphatic heterocycles. The number of rotatable bonds is 6. The molecule has 0 amide bonds. The Morgan fingerprint density at radius 3 is 2.89 bits per heavy atom. The van der Waals surface area contributed by atoms with E-state index in [-0.39, 0.29) is 0 Å². The Morgan fingerprint density at radius 1 is 1.37 bits per heavy atom. The van der Waals surface area contributed by atoms with Crippen molar-refractivity contribution in [3.8, 4) is 0 Å². The molecule has 0 bridgehead atoms. The van der Waals surface area contributed by atoms with Gasteiger partial charge in [0.05, 0.1) is 0 Å². The summed E-state index contributed by atoms with van der Waals surface area (Å²) in [6, 6.07) is 0.686. The van der Waals surface area contributed by atoms with Crippen LogP contribution in [0.2, 0.25) is 0 Å². The van der Waals surface area contributed by atoms with Crippen LogP contribution in [0.3, 0.4) is 0 Å². The second-order valence-corrected chi connectivity index (χ2v) is 6.29. The van der Waals surface area contributed by atoms with Crippen molar-refractivity contribution in [3.63, 3.8) is 0 Å². The van der Waals surface area contributed by atoms with Crippen molar-refractivity contribution in [3.05, 3.63) is 11.7 Å². The van der Waals surface area contributed by atoms with Crippen LogP contribution in [0.15, 0.2) is 4.52 Å². The average molecular weight is 265 g/mol.